The molecule has 0 radical (unpaired) electrons. The summed E-state index contributed by atoms with van der Waals surface area (Å²) in [7, 11) is 3.35. The van der Waals surface area contributed by atoms with Gasteiger partial charge in [0.05, 0.1) is 35.8 Å². The largest absolute Gasteiger partial charge is 0.467 e. The molecule has 158 valence electrons. The van der Waals surface area contributed by atoms with Crippen molar-refractivity contribution < 1.29 is 9.53 Å². The van der Waals surface area contributed by atoms with Gasteiger partial charge in [0.25, 0.3) is 5.91 Å². The molecule has 0 aliphatic carbocycles. The topological polar surface area (TPSA) is 97.2 Å². The predicted molar refractivity (Wildman–Crippen MR) is 116 cm³/mol. The molecule has 1 aromatic carbocycles. The molecule has 9 nitrogen and oxygen atoms in total. The molecule has 2 atom stereocenters. The Labute approximate surface area is 175 Å². The fourth-order valence-electron chi connectivity index (χ4n) is 3.98. The molecular formula is C21H27N7O2. The van der Waals surface area contributed by atoms with Gasteiger partial charge in [-0.2, -0.15) is 10.1 Å². The second-order valence-electron chi connectivity index (χ2n) is 7.85. The monoisotopic (exact) mass is 409 g/mol. The molecule has 1 fully saturated rings. The van der Waals surface area contributed by atoms with Crippen molar-refractivity contribution in [2.24, 2.45) is 7.05 Å². The Kier molecular flexibility index (Phi) is 5.29. The van der Waals surface area contributed by atoms with Crippen molar-refractivity contribution in [1.82, 2.24) is 25.1 Å². The standard InChI is InChI=1S/C21H27N7O2/c1-12-10-28(11-13(2)24-12)18-7-6-15(19-16(18)8-22-21(26-19)30-5)20(29)25-17-9-23-27(4)14(17)3/h6-9,12-13,24H,10-11H2,1-5H3,(H,25,29)/t12-,13-/m0/s1. The average molecular weight is 409 g/mol. The molecule has 30 heavy (non-hydrogen) atoms. The van der Waals surface area contributed by atoms with Crippen molar-refractivity contribution in [2.45, 2.75) is 32.9 Å². The van der Waals surface area contributed by atoms with Gasteiger partial charge in [-0.3, -0.25) is 9.48 Å². The van der Waals surface area contributed by atoms with Crippen molar-refractivity contribution in [2.75, 3.05) is 30.4 Å². The van der Waals surface area contributed by atoms with E-state index in [1.807, 2.05) is 26.1 Å². The van der Waals surface area contributed by atoms with E-state index in [-0.39, 0.29) is 11.9 Å². The smallest absolute Gasteiger partial charge is 0.316 e. The van der Waals surface area contributed by atoms with Crippen LogP contribution in [0.2, 0.25) is 0 Å². The van der Waals surface area contributed by atoms with Crippen LogP contribution in [0.1, 0.15) is 29.9 Å². The molecule has 0 saturated carbocycles. The zero-order valence-electron chi connectivity index (χ0n) is 17.9. The zero-order valence-corrected chi connectivity index (χ0v) is 17.9. The third kappa shape index (κ3) is 3.68. The number of aromatic nitrogens is 4. The number of amides is 1. The highest BCUT2D eigenvalue weighted by atomic mass is 16.5. The molecule has 0 bridgehead atoms. The van der Waals surface area contributed by atoms with E-state index >= 15 is 0 Å². The lowest BCUT2D eigenvalue weighted by Crippen LogP contribution is -2.54. The van der Waals surface area contributed by atoms with Crippen molar-refractivity contribution in [3.05, 3.63) is 35.8 Å². The van der Waals surface area contributed by atoms with Crippen LogP contribution in [0.5, 0.6) is 6.01 Å². The van der Waals surface area contributed by atoms with Gasteiger partial charge in [-0.05, 0) is 32.9 Å². The van der Waals surface area contributed by atoms with Crippen molar-refractivity contribution in [3.63, 3.8) is 0 Å². The number of nitrogens with zero attached hydrogens (tertiary/aromatic N) is 5. The van der Waals surface area contributed by atoms with E-state index < -0.39 is 0 Å². The molecule has 9 heteroatoms. The Balaban J connectivity index is 1.77. The lowest BCUT2D eigenvalue weighted by Gasteiger charge is -2.38. The fourth-order valence-corrected chi connectivity index (χ4v) is 3.98. The van der Waals surface area contributed by atoms with Crippen LogP contribution in [0.4, 0.5) is 11.4 Å². The second kappa shape index (κ2) is 7.91. The van der Waals surface area contributed by atoms with Crippen LogP contribution in [0.3, 0.4) is 0 Å². The van der Waals surface area contributed by atoms with E-state index in [1.165, 1.54) is 7.11 Å². The first kappa shape index (κ1) is 20.1. The number of hydrogen-bond donors (Lipinski definition) is 2. The van der Waals surface area contributed by atoms with E-state index in [0.29, 0.717) is 28.9 Å². The Bertz CT molecular complexity index is 1080. The second-order valence-corrected chi connectivity index (χ2v) is 7.85. The molecule has 3 heterocycles. The number of hydrogen-bond acceptors (Lipinski definition) is 7. The molecule has 1 aliphatic heterocycles. The van der Waals surface area contributed by atoms with Gasteiger partial charge in [-0.1, -0.05) is 0 Å². The number of nitrogens with one attached hydrogen (secondary N) is 2. The molecule has 0 unspecified atom stereocenters. The van der Waals surface area contributed by atoms with Gasteiger partial charge in [0.15, 0.2) is 0 Å². The average Bonchev–Trinajstić information content (AvgIpc) is 3.03. The van der Waals surface area contributed by atoms with Gasteiger partial charge in [-0.15, -0.1) is 0 Å². The number of aryl methyl sites for hydroxylation is 1. The number of rotatable bonds is 4. The lowest BCUT2D eigenvalue weighted by atomic mass is 10.0. The third-order valence-electron chi connectivity index (χ3n) is 5.51. The predicted octanol–water partition coefficient (Wildman–Crippen LogP) is 2.12. The van der Waals surface area contributed by atoms with Gasteiger partial charge in [-0.25, -0.2) is 4.98 Å². The van der Waals surface area contributed by atoms with Gasteiger partial charge in [0, 0.05) is 49.5 Å². The lowest BCUT2D eigenvalue weighted by molar-refractivity contribution is 0.102. The molecule has 4 rings (SSSR count). The van der Waals surface area contributed by atoms with Crippen LogP contribution in [0, 0.1) is 6.92 Å². The summed E-state index contributed by atoms with van der Waals surface area (Å²) in [6.45, 7) is 7.98. The number of ether oxygens (including phenoxy) is 1. The number of carbonyl (C=O) groups excluding carboxylic acids is 1. The molecule has 3 aromatic rings. The van der Waals surface area contributed by atoms with E-state index in [0.717, 1.165) is 29.9 Å². The normalized spacial score (nSPS) is 19.2. The molecule has 1 aliphatic rings. The highest BCUT2D eigenvalue weighted by molar-refractivity contribution is 6.14. The third-order valence-corrected chi connectivity index (χ3v) is 5.51. The van der Waals surface area contributed by atoms with E-state index in [1.54, 1.807) is 17.1 Å². The van der Waals surface area contributed by atoms with Gasteiger partial charge in [0.1, 0.15) is 0 Å². The quantitative estimate of drug-likeness (QED) is 0.681. The maximum atomic E-state index is 13.1. The van der Waals surface area contributed by atoms with Gasteiger partial charge >= 0.3 is 6.01 Å². The number of methoxy groups -OCH3 is 1. The van der Waals surface area contributed by atoms with Crippen molar-refractivity contribution in [3.8, 4) is 6.01 Å². The number of carbonyl (C=O) groups is 1. The van der Waals surface area contributed by atoms with Crippen molar-refractivity contribution in [1.29, 1.82) is 0 Å². The van der Waals surface area contributed by atoms with Crippen LogP contribution in [0.15, 0.2) is 24.5 Å². The summed E-state index contributed by atoms with van der Waals surface area (Å²) in [5.41, 5.74) is 3.60. The zero-order chi connectivity index (χ0) is 21.4. The highest BCUT2D eigenvalue weighted by Gasteiger charge is 2.25. The van der Waals surface area contributed by atoms with E-state index in [2.05, 4.69) is 44.4 Å². The Morgan fingerprint density at radius 1 is 1.23 bits per heavy atom. The van der Waals surface area contributed by atoms with Crippen LogP contribution in [-0.4, -0.2) is 57.9 Å². The number of fused-ring (bicyclic) bond motifs is 1. The molecule has 0 spiro atoms. The van der Waals surface area contributed by atoms with E-state index in [9.17, 15) is 4.79 Å². The Morgan fingerprint density at radius 2 is 1.97 bits per heavy atom. The number of piperazine rings is 1. The summed E-state index contributed by atoms with van der Waals surface area (Å²) >= 11 is 0. The van der Waals surface area contributed by atoms with E-state index in [4.69, 9.17) is 4.74 Å². The Morgan fingerprint density at radius 3 is 2.60 bits per heavy atom. The first-order chi connectivity index (χ1) is 14.4. The Hall–Kier alpha value is -3.20. The first-order valence-corrected chi connectivity index (χ1v) is 10.0. The minimum atomic E-state index is -0.245. The summed E-state index contributed by atoms with van der Waals surface area (Å²) < 4.78 is 6.94. The summed E-state index contributed by atoms with van der Waals surface area (Å²) in [6, 6.07) is 4.75. The maximum absolute atomic E-state index is 13.1. The number of benzene rings is 1. The minimum absolute atomic E-state index is 0.230. The van der Waals surface area contributed by atoms with Crippen LogP contribution < -0.4 is 20.3 Å². The van der Waals surface area contributed by atoms with Gasteiger partial charge in [0.2, 0.25) is 0 Å². The molecule has 1 amide bonds. The molecular weight excluding hydrogens is 382 g/mol. The van der Waals surface area contributed by atoms with Crippen LogP contribution in [0.25, 0.3) is 10.9 Å². The fraction of sp³-hybridized carbons (Fsp3) is 0.429. The first-order valence-electron chi connectivity index (χ1n) is 10.0. The summed E-state index contributed by atoms with van der Waals surface area (Å²) in [4.78, 5) is 24.2. The molecule has 2 N–H and O–H groups in total. The van der Waals surface area contributed by atoms with Crippen molar-refractivity contribution >= 4 is 28.2 Å². The summed E-state index contributed by atoms with van der Waals surface area (Å²) in [5.74, 6) is -0.245. The molecule has 2 aromatic heterocycles. The summed E-state index contributed by atoms with van der Waals surface area (Å²) in [6.07, 6.45) is 3.38. The van der Waals surface area contributed by atoms with Crippen LogP contribution in [-0.2, 0) is 7.05 Å². The number of anilines is 2. The SMILES string of the molecule is COc1ncc2c(N3C[C@H](C)N[C@@H](C)C3)ccc(C(=O)Nc3cnn(C)c3C)c2n1. The highest BCUT2D eigenvalue weighted by Crippen LogP contribution is 2.31. The maximum Gasteiger partial charge on any atom is 0.316 e. The summed E-state index contributed by atoms with van der Waals surface area (Å²) in [5, 5.41) is 11.5. The van der Waals surface area contributed by atoms with Crippen LogP contribution >= 0.6 is 0 Å². The van der Waals surface area contributed by atoms with Gasteiger partial charge < -0.3 is 20.3 Å². The molecule has 1 saturated heterocycles. The minimum Gasteiger partial charge on any atom is -0.467 e.